The van der Waals surface area contributed by atoms with Crippen LogP contribution in [0, 0.1) is 27.6 Å². The number of aliphatic carboxylic acids is 1. The van der Waals surface area contributed by atoms with Gasteiger partial charge in [-0.1, -0.05) is 265 Å². The maximum Gasteiger partial charge on any atom is 0.309 e. The summed E-state index contributed by atoms with van der Waals surface area (Å²) in [7, 11) is 0. The number of nitriles is 1. The molecule has 105 heavy (non-hydrogen) atoms. The quantitative estimate of drug-likeness (QED) is 0.0539. The lowest BCUT2D eigenvalue weighted by molar-refractivity contribution is -0.143. The molecule has 4 N–H and O–H groups in total. The molecule has 0 bridgehead atoms. The minimum atomic E-state index is -0.832. The van der Waals surface area contributed by atoms with Gasteiger partial charge in [0, 0.05) is 17.4 Å². The van der Waals surface area contributed by atoms with E-state index in [1.54, 1.807) is 0 Å². The molecule has 13 aromatic rings. The highest BCUT2D eigenvalue weighted by Gasteiger charge is 2.51. The number of hydrogen-bond acceptors (Lipinski definition) is 9. The fourth-order valence-corrected chi connectivity index (χ4v) is 14.5. The summed E-state index contributed by atoms with van der Waals surface area (Å²) in [5, 5.41) is 57.5. The summed E-state index contributed by atoms with van der Waals surface area (Å²) >= 11 is 3.44. The standard InChI is InChI=1S/C30H34N2O4.C15H13N.C15H14O2.C11H9Br.C11H10O.C11H8O/c33-28(24-9-10-26-27(18-24)36-16-15-35-26)25(20-32-13-3-4-14-32)31-29(34)30(11-12-30)19-21-7-8-22-5-1-2-6-23(22)17-21;16-11-15(7-8-15)10-12-5-6-13-3-1-2-4-14(13)9-12;16-14(17)15(7-8-15)10-11-5-6-12-3-1-2-4-13(12)9-11;3*12-8-9-5-6-10-3-1-2-4-11(10)7-9/h1-2,5-10,17-18,25,28,33H,3-4,11-16,19-20H2,(H,31,34);1-6,9H,7-8,10H2;1-6,9H,7-8,10H2,(H,16,17);1-7H,8H2;1-7,12H,8H2;1-8H/t25-,28-;;;;;/m1...../s1. The predicted octanol–water partition coefficient (Wildman–Crippen LogP) is 19.9. The van der Waals surface area contributed by atoms with E-state index < -0.39 is 28.9 Å². The predicted molar refractivity (Wildman–Crippen MR) is 427 cm³/mol. The fourth-order valence-electron chi connectivity index (χ4n) is 14.2. The number of fused-ring (bicyclic) bond motifs is 7. The number of carboxylic acids is 1. The first kappa shape index (κ1) is 72.8. The zero-order chi connectivity index (χ0) is 72.6. The molecule has 0 spiro atoms. The van der Waals surface area contributed by atoms with Gasteiger partial charge in [-0.15, -0.1) is 0 Å². The van der Waals surface area contributed by atoms with Gasteiger partial charge >= 0.3 is 5.97 Å². The highest BCUT2D eigenvalue weighted by atomic mass is 79.9. The fraction of sp³-hybridized carbons (Fsp3) is 0.247. The third-order valence-electron chi connectivity index (χ3n) is 20.9. The topological polar surface area (TPSA) is 169 Å². The Morgan fingerprint density at radius 3 is 1.29 bits per heavy atom. The number of amides is 1. The van der Waals surface area contributed by atoms with E-state index in [-0.39, 0.29) is 17.9 Å². The first-order valence-electron chi connectivity index (χ1n) is 36.6. The molecule has 2 aliphatic heterocycles. The van der Waals surface area contributed by atoms with Crippen molar-refractivity contribution >= 4 is 98.7 Å². The lowest BCUT2D eigenvalue weighted by Gasteiger charge is -2.31. The van der Waals surface area contributed by atoms with Crippen molar-refractivity contribution < 1.29 is 39.2 Å². The minimum absolute atomic E-state index is 0.0392. The van der Waals surface area contributed by atoms with Crippen LogP contribution in [0.2, 0.25) is 0 Å². The molecule has 11 nitrogen and oxygen atoms in total. The number of aldehydes is 1. The Morgan fingerprint density at radius 1 is 0.476 bits per heavy atom. The van der Waals surface area contributed by atoms with Crippen LogP contribution >= 0.6 is 15.9 Å². The third-order valence-corrected chi connectivity index (χ3v) is 21.6. The number of nitrogens with zero attached hydrogens (tertiary/aromatic N) is 2. The zero-order valence-electron chi connectivity index (χ0n) is 59.1. The van der Waals surface area contributed by atoms with Gasteiger partial charge in [-0.3, -0.25) is 14.4 Å². The molecule has 1 amide bonds. The molecule has 0 radical (unpaired) electrons. The van der Waals surface area contributed by atoms with E-state index in [9.17, 15) is 24.6 Å². The average Bonchev–Trinajstić information content (AvgIpc) is 1.63. The highest BCUT2D eigenvalue weighted by Crippen LogP contribution is 2.51. The van der Waals surface area contributed by atoms with E-state index in [1.807, 2.05) is 121 Å². The summed E-state index contributed by atoms with van der Waals surface area (Å²) in [4.78, 5) is 37.6. The van der Waals surface area contributed by atoms with Crippen LogP contribution in [0.25, 0.3) is 64.6 Å². The summed E-state index contributed by atoms with van der Waals surface area (Å²) in [5.41, 5.74) is 6.47. The van der Waals surface area contributed by atoms with Crippen molar-refractivity contribution in [2.75, 3.05) is 32.8 Å². The number of carbonyl (C=O) groups excluding carboxylic acids is 2. The Kier molecular flexibility index (Phi) is 23.5. The highest BCUT2D eigenvalue weighted by molar-refractivity contribution is 9.08. The molecule has 2 atom stereocenters. The smallest absolute Gasteiger partial charge is 0.309 e. The van der Waals surface area contributed by atoms with Gasteiger partial charge in [0.25, 0.3) is 0 Å². The molecule has 0 aromatic heterocycles. The molecule has 530 valence electrons. The molecule has 12 heteroatoms. The van der Waals surface area contributed by atoms with Gasteiger partial charge in [0.15, 0.2) is 11.5 Å². The number of benzene rings is 13. The van der Waals surface area contributed by atoms with E-state index >= 15 is 0 Å². The Bertz CT molecular complexity index is 5160. The van der Waals surface area contributed by atoms with Gasteiger partial charge in [0.1, 0.15) is 25.6 Å². The largest absolute Gasteiger partial charge is 0.486 e. The Labute approximate surface area is 622 Å². The third kappa shape index (κ3) is 18.9. The van der Waals surface area contributed by atoms with Crippen LogP contribution in [-0.4, -0.2) is 77.3 Å². The SMILES string of the molecule is BrCc1ccc2ccccc2c1.N#CC1(Cc2ccc3ccccc3c2)CC1.O=C(N[C@H](CN1CCCC1)[C@H](O)c1ccc2c(c1)OCCO2)C1(Cc2ccc3ccccc3c2)CC1.O=C(O)C1(Cc2ccc3ccccc3c2)CC1.O=Cc1ccc2ccccc2c1.OCc1ccc2ccccc2c1. The van der Waals surface area contributed by atoms with Crippen molar-refractivity contribution in [3.8, 4) is 17.6 Å². The maximum absolute atomic E-state index is 13.7. The Balaban J connectivity index is 0.000000120. The Hall–Kier alpha value is -10.5. The molecule has 3 saturated carbocycles. The van der Waals surface area contributed by atoms with Crippen molar-refractivity contribution in [2.45, 2.75) is 94.7 Å². The van der Waals surface area contributed by atoms with Crippen LogP contribution < -0.4 is 14.8 Å². The summed E-state index contributed by atoms with van der Waals surface area (Å²) in [6, 6.07) is 94.4. The van der Waals surface area contributed by atoms with Gasteiger partial charge < -0.3 is 35.0 Å². The van der Waals surface area contributed by atoms with Gasteiger partial charge in [0.2, 0.25) is 5.91 Å². The summed E-state index contributed by atoms with van der Waals surface area (Å²) in [6.45, 7) is 3.78. The van der Waals surface area contributed by atoms with Crippen LogP contribution in [0.1, 0.15) is 101 Å². The van der Waals surface area contributed by atoms with Crippen LogP contribution in [-0.2, 0) is 40.8 Å². The van der Waals surface area contributed by atoms with Crippen LogP contribution in [0.4, 0.5) is 0 Å². The van der Waals surface area contributed by atoms with Crippen molar-refractivity contribution in [1.29, 1.82) is 5.26 Å². The molecule has 1 saturated heterocycles. The lowest BCUT2D eigenvalue weighted by atomic mass is 9.93. The van der Waals surface area contributed by atoms with E-state index in [2.05, 4.69) is 184 Å². The van der Waals surface area contributed by atoms with E-state index in [1.165, 1.54) is 75.9 Å². The van der Waals surface area contributed by atoms with Crippen LogP contribution in [0.5, 0.6) is 11.5 Å². The molecule has 5 aliphatic rings. The van der Waals surface area contributed by atoms with Crippen molar-refractivity contribution in [2.24, 2.45) is 16.2 Å². The number of nitrogens with one attached hydrogen (secondary N) is 1. The maximum atomic E-state index is 13.7. The van der Waals surface area contributed by atoms with Crippen molar-refractivity contribution in [3.63, 3.8) is 0 Å². The van der Waals surface area contributed by atoms with Crippen molar-refractivity contribution in [1.82, 2.24) is 10.2 Å². The number of aliphatic hydroxyl groups is 2. The first-order valence-corrected chi connectivity index (χ1v) is 37.7. The molecule has 0 unspecified atom stereocenters. The van der Waals surface area contributed by atoms with Crippen LogP contribution in [0.15, 0.2) is 273 Å². The minimum Gasteiger partial charge on any atom is -0.486 e. The molecule has 3 aliphatic carbocycles. The Morgan fingerprint density at radius 2 is 0.867 bits per heavy atom. The summed E-state index contributed by atoms with van der Waals surface area (Å²) in [5.74, 6) is 0.755. The van der Waals surface area contributed by atoms with E-state index in [0.717, 1.165) is 117 Å². The number of carbonyl (C=O) groups is 3. The number of carboxylic acid groups (broad SMARTS) is 1. The molecule has 13 aromatic carbocycles. The normalized spacial score (nSPS) is 15.8. The van der Waals surface area contributed by atoms with Crippen molar-refractivity contribution in [3.05, 3.63) is 312 Å². The summed E-state index contributed by atoms with van der Waals surface area (Å²) < 4.78 is 11.4. The average molecular weight is 1460 g/mol. The first-order chi connectivity index (χ1) is 51.3. The van der Waals surface area contributed by atoms with E-state index in [4.69, 9.17) is 19.8 Å². The second-order valence-corrected chi connectivity index (χ2v) is 29.2. The second-order valence-electron chi connectivity index (χ2n) is 28.6. The number of likely N-dealkylation sites (tertiary alicyclic amines) is 1. The number of halogens is 1. The number of aliphatic hydroxyl groups excluding tert-OH is 2. The monoisotopic (exact) mass is 1450 g/mol. The molecular weight excluding hydrogens is 1370 g/mol. The van der Waals surface area contributed by atoms with Gasteiger partial charge in [-0.2, -0.15) is 5.26 Å². The van der Waals surface area contributed by atoms with Gasteiger partial charge in [-0.25, -0.2) is 0 Å². The number of hydrogen-bond donors (Lipinski definition) is 4. The van der Waals surface area contributed by atoms with Gasteiger partial charge in [-0.05, 0) is 206 Å². The van der Waals surface area contributed by atoms with Crippen LogP contribution in [0.3, 0.4) is 0 Å². The molecule has 18 rings (SSSR count). The number of alkyl halides is 1. The van der Waals surface area contributed by atoms with E-state index in [0.29, 0.717) is 37.7 Å². The molecule has 2 heterocycles. The summed E-state index contributed by atoms with van der Waals surface area (Å²) in [6.07, 6.45) is 10.2. The zero-order valence-corrected chi connectivity index (χ0v) is 60.7. The van der Waals surface area contributed by atoms with Gasteiger partial charge in [0.05, 0.1) is 35.0 Å². The number of rotatable bonds is 16. The second kappa shape index (κ2) is 33.9. The molecular formula is C93H88BrN3O8. The number of ether oxygens (including phenoxy) is 2. The lowest BCUT2D eigenvalue weighted by Crippen LogP contribution is -2.49. The molecule has 4 fully saturated rings.